The van der Waals surface area contributed by atoms with Crippen LogP contribution in [-0.2, 0) is 10.2 Å². The zero-order valence-electron chi connectivity index (χ0n) is 15.9. The summed E-state index contributed by atoms with van der Waals surface area (Å²) in [5.74, 6) is -0.409. The molecule has 0 aliphatic heterocycles. The van der Waals surface area contributed by atoms with E-state index in [0.29, 0.717) is 11.3 Å². The Bertz CT molecular complexity index is 759. The van der Waals surface area contributed by atoms with Crippen LogP contribution in [0.5, 0.6) is 0 Å². The lowest BCUT2D eigenvalue weighted by atomic mass is 9.86. The summed E-state index contributed by atoms with van der Waals surface area (Å²) in [5, 5.41) is 5.67. The highest BCUT2D eigenvalue weighted by atomic mass is 16.5. The molecular weight excluding hydrogens is 328 g/mol. The lowest BCUT2D eigenvalue weighted by Crippen LogP contribution is -2.31. The van der Waals surface area contributed by atoms with Gasteiger partial charge in [-0.1, -0.05) is 45.0 Å². The summed E-state index contributed by atoms with van der Waals surface area (Å²) in [6, 6.07) is 14.4. The number of esters is 1. The molecule has 0 aromatic heterocycles. The van der Waals surface area contributed by atoms with E-state index in [1.165, 1.54) is 12.7 Å². The number of ether oxygens (including phenoxy) is 1. The first-order valence-electron chi connectivity index (χ1n) is 8.57. The smallest absolute Gasteiger partial charge is 0.337 e. The summed E-state index contributed by atoms with van der Waals surface area (Å²) in [6.07, 6.45) is 0. The van der Waals surface area contributed by atoms with Crippen LogP contribution in [0.25, 0.3) is 0 Å². The monoisotopic (exact) mass is 354 g/mol. The van der Waals surface area contributed by atoms with Crippen LogP contribution in [0.2, 0.25) is 0 Å². The summed E-state index contributed by atoms with van der Waals surface area (Å²) < 4.78 is 4.65. The second-order valence-electron chi connectivity index (χ2n) is 7.26. The summed E-state index contributed by atoms with van der Waals surface area (Å²) >= 11 is 0. The van der Waals surface area contributed by atoms with Crippen molar-refractivity contribution in [2.75, 3.05) is 12.4 Å². The molecule has 0 aliphatic rings. The van der Waals surface area contributed by atoms with Crippen molar-refractivity contribution in [3.05, 3.63) is 65.2 Å². The van der Waals surface area contributed by atoms with Crippen molar-refractivity contribution in [1.29, 1.82) is 0 Å². The maximum atomic E-state index is 12.2. The zero-order valence-corrected chi connectivity index (χ0v) is 15.9. The van der Waals surface area contributed by atoms with Crippen LogP contribution in [-0.4, -0.2) is 19.1 Å². The number of hydrogen-bond donors (Lipinski definition) is 2. The average molecular weight is 354 g/mol. The third kappa shape index (κ3) is 5.09. The molecule has 2 aromatic carbocycles. The molecule has 2 rings (SSSR count). The predicted molar refractivity (Wildman–Crippen MR) is 103 cm³/mol. The molecule has 0 unspecified atom stereocenters. The van der Waals surface area contributed by atoms with Gasteiger partial charge in [-0.2, -0.15) is 0 Å². The molecule has 1 atom stereocenters. The fourth-order valence-corrected chi connectivity index (χ4v) is 2.53. The van der Waals surface area contributed by atoms with Crippen LogP contribution in [0.3, 0.4) is 0 Å². The first-order valence-corrected chi connectivity index (χ1v) is 8.57. The molecule has 0 saturated heterocycles. The molecule has 2 amide bonds. The number of hydrogen-bond acceptors (Lipinski definition) is 3. The largest absolute Gasteiger partial charge is 0.465 e. The fourth-order valence-electron chi connectivity index (χ4n) is 2.53. The normalized spacial score (nSPS) is 12.2. The van der Waals surface area contributed by atoms with E-state index in [1.807, 2.05) is 19.1 Å². The molecule has 0 spiro atoms. The van der Waals surface area contributed by atoms with Gasteiger partial charge in [0.15, 0.2) is 0 Å². The molecule has 0 heterocycles. The molecular formula is C21H26N2O3. The van der Waals surface area contributed by atoms with Crippen molar-refractivity contribution in [3.63, 3.8) is 0 Å². The number of anilines is 1. The maximum absolute atomic E-state index is 12.2. The minimum Gasteiger partial charge on any atom is -0.465 e. The quantitative estimate of drug-likeness (QED) is 0.785. The minimum absolute atomic E-state index is 0.100. The lowest BCUT2D eigenvalue weighted by Gasteiger charge is -2.21. The predicted octanol–water partition coefficient (Wildman–Crippen LogP) is 4.65. The molecule has 0 aliphatic carbocycles. The molecule has 26 heavy (non-hydrogen) atoms. The van der Waals surface area contributed by atoms with Crippen molar-refractivity contribution in [1.82, 2.24) is 5.32 Å². The van der Waals surface area contributed by atoms with Crippen LogP contribution in [0, 0.1) is 0 Å². The number of methoxy groups -OCH3 is 1. The van der Waals surface area contributed by atoms with E-state index >= 15 is 0 Å². The Hall–Kier alpha value is -2.82. The average Bonchev–Trinajstić information content (AvgIpc) is 2.61. The lowest BCUT2D eigenvalue weighted by molar-refractivity contribution is 0.0600. The zero-order chi connectivity index (χ0) is 19.3. The van der Waals surface area contributed by atoms with Gasteiger partial charge in [-0.15, -0.1) is 0 Å². The van der Waals surface area contributed by atoms with Gasteiger partial charge in [-0.3, -0.25) is 0 Å². The van der Waals surface area contributed by atoms with Crippen molar-refractivity contribution in [2.24, 2.45) is 0 Å². The summed E-state index contributed by atoms with van der Waals surface area (Å²) in [6.45, 7) is 8.44. The third-order valence-electron chi connectivity index (χ3n) is 4.19. The van der Waals surface area contributed by atoms with E-state index < -0.39 is 5.97 Å². The van der Waals surface area contributed by atoms with Crippen LogP contribution in [0.4, 0.5) is 10.5 Å². The van der Waals surface area contributed by atoms with Gasteiger partial charge >= 0.3 is 12.0 Å². The SMILES string of the molecule is COC(=O)c1ccc(NC(=O)N[C@@H](C)c2ccc(C(C)(C)C)cc2)cc1. The standard InChI is InChI=1S/C21H26N2O3/c1-14(15-6-10-17(11-7-15)21(2,3)4)22-20(25)23-18-12-8-16(9-13-18)19(24)26-5/h6-14H,1-5H3,(H2,22,23,25)/t14-/m0/s1. The van der Waals surface area contributed by atoms with Crippen molar-refractivity contribution in [3.8, 4) is 0 Å². The number of amides is 2. The number of nitrogens with one attached hydrogen (secondary N) is 2. The van der Waals surface area contributed by atoms with Gasteiger partial charge in [0.25, 0.3) is 0 Å². The van der Waals surface area contributed by atoms with Gasteiger partial charge in [0, 0.05) is 5.69 Å². The van der Waals surface area contributed by atoms with Gasteiger partial charge in [0.2, 0.25) is 0 Å². The minimum atomic E-state index is -0.409. The van der Waals surface area contributed by atoms with Gasteiger partial charge in [-0.25, -0.2) is 9.59 Å². The molecule has 0 saturated carbocycles. The number of carbonyl (C=O) groups excluding carboxylic acids is 2. The summed E-state index contributed by atoms with van der Waals surface area (Å²) in [7, 11) is 1.33. The Balaban J connectivity index is 1.95. The van der Waals surface area contributed by atoms with Crippen molar-refractivity contribution in [2.45, 2.75) is 39.2 Å². The van der Waals surface area contributed by atoms with Crippen LogP contribution in [0.1, 0.15) is 55.2 Å². The molecule has 2 aromatic rings. The number of urea groups is 1. The van der Waals surface area contributed by atoms with E-state index in [0.717, 1.165) is 5.56 Å². The number of benzene rings is 2. The Labute approximate surface area is 154 Å². The third-order valence-corrected chi connectivity index (χ3v) is 4.19. The van der Waals surface area contributed by atoms with Gasteiger partial charge in [0.05, 0.1) is 18.7 Å². The van der Waals surface area contributed by atoms with Crippen LogP contribution in [0.15, 0.2) is 48.5 Å². The van der Waals surface area contributed by atoms with Crippen molar-refractivity contribution < 1.29 is 14.3 Å². The molecule has 0 fully saturated rings. The molecule has 5 nitrogen and oxygen atoms in total. The van der Waals surface area contributed by atoms with Crippen LogP contribution >= 0.6 is 0 Å². The highest BCUT2D eigenvalue weighted by molar-refractivity contribution is 5.92. The van der Waals surface area contributed by atoms with Gasteiger partial charge in [0.1, 0.15) is 0 Å². The highest BCUT2D eigenvalue weighted by Gasteiger charge is 2.15. The van der Waals surface area contributed by atoms with E-state index in [1.54, 1.807) is 24.3 Å². The maximum Gasteiger partial charge on any atom is 0.337 e. The Morgan fingerprint density at radius 1 is 0.962 bits per heavy atom. The van der Waals surface area contributed by atoms with Crippen molar-refractivity contribution >= 4 is 17.7 Å². The summed E-state index contributed by atoms with van der Waals surface area (Å²) in [5.41, 5.74) is 3.43. The Kier molecular flexibility index (Phi) is 6.03. The molecule has 5 heteroatoms. The van der Waals surface area contributed by atoms with Gasteiger partial charge < -0.3 is 15.4 Å². The van der Waals surface area contributed by atoms with E-state index in [9.17, 15) is 9.59 Å². The molecule has 0 bridgehead atoms. The number of carbonyl (C=O) groups is 2. The Morgan fingerprint density at radius 3 is 2.04 bits per heavy atom. The summed E-state index contributed by atoms with van der Waals surface area (Å²) in [4.78, 5) is 23.6. The first kappa shape index (κ1) is 19.5. The van der Waals surface area contributed by atoms with E-state index in [4.69, 9.17) is 0 Å². The molecule has 138 valence electrons. The number of rotatable bonds is 4. The Morgan fingerprint density at radius 2 is 1.54 bits per heavy atom. The topological polar surface area (TPSA) is 67.4 Å². The molecule has 2 N–H and O–H groups in total. The highest BCUT2D eigenvalue weighted by Crippen LogP contribution is 2.24. The van der Waals surface area contributed by atoms with E-state index in [-0.39, 0.29) is 17.5 Å². The second kappa shape index (κ2) is 8.04. The van der Waals surface area contributed by atoms with E-state index in [2.05, 4.69) is 48.3 Å². The van der Waals surface area contributed by atoms with Crippen LogP contribution < -0.4 is 10.6 Å². The molecule has 0 radical (unpaired) electrons. The fraction of sp³-hybridized carbons (Fsp3) is 0.333. The second-order valence-corrected chi connectivity index (χ2v) is 7.26. The van der Waals surface area contributed by atoms with Gasteiger partial charge in [-0.05, 0) is 47.7 Å². The first-order chi connectivity index (χ1) is 12.2.